The van der Waals surface area contributed by atoms with Gasteiger partial charge in [0.25, 0.3) is 0 Å². The van der Waals surface area contributed by atoms with Crippen LogP contribution in [-0.2, 0) is 4.79 Å². The number of nitriles is 1. The highest BCUT2D eigenvalue weighted by molar-refractivity contribution is 5.85. The van der Waals surface area contributed by atoms with Crippen LogP contribution in [0.5, 0.6) is 0 Å². The Labute approximate surface area is 117 Å². The largest absolute Gasteiger partial charge is 0.340 e. The van der Waals surface area contributed by atoms with E-state index in [0.29, 0.717) is 18.9 Å². The summed E-state index contributed by atoms with van der Waals surface area (Å²) in [5.74, 6) is 0.0367. The average molecular weight is 265 g/mol. The lowest BCUT2D eigenvalue weighted by atomic mass is 9.82. The molecule has 1 rings (SSSR count). The minimum atomic E-state index is -0.807. The Kier molecular flexibility index (Phi) is 5.81. The number of amides is 1. The van der Waals surface area contributed by atoms with E-state index in [4.69, 9.17) is 0 Å². The molecule has 0 bridgehead atoms. The van der Waals surface area contributed by atoms with Crippen molar-refractivity contribution in [2.45, 2.75) is 53.0 Å². The molecule has 0 saturated carbocycles. The molecule has 19 heavy (non-hydrogen) atoms. The van der Waals surface area contributed by atoms with Gasteiger partial charge in [-0.15, -0.1) is 0 Å². The normalized spacial score (nSPS) is 19.8. The van der Waals surface area contributed by atoms with Gasteiger partial charge >= 0.3 is 0 Å². The Morgan fingerprint density at radius 1 is 1.32 bits per heavy atom. The van der Waals surface area contributed by atoms with E-state index >= 15 is 0 Å². The SMILES string of the molecule is CCN(CC)C1CCN(C(=O)C(C#N)(CC)CC)C1. The van der Waals surface area contributed by atoms with E-state index in [9.17, 15) is 10.1 Å². The smallest absolute Gasteiger partial charge is 0.243 e. The van der Waals surface area contributed by atoms with Crippen LogP contribution in [0.15, 0.2) is 0 Å². The van der Waals surface area contributed by atoms with Crippen molar-refractivity contribution in [3.63, 3.8) is 0 Å². The molecular weight excluding hydrogens is 238 g/mol. The van der Waals surface area contributed by atoms with Gasteiger partial charge in [0.15, 0.2) is 0 Å². The number of nitrogens with zero attached hydrogens (tertiary/aromatic N) is 3. The van der Waals surface area contributed by atoms with E-state index in [1.165, 1.54) is 0 Å². The lowest BCUT2D eigenvalue weighted by Crippen LogP contribution is -2.44. The third-order valence-corrected chi connectivity index (χ3v) is 4.61. The minimum absolute atomic E-state index is 0.0367. The summed E-state index contributed by atoms with van der Waals surface area (Å²) in [6, 6.07) is 2.72. The molecule has 0 aromatic carbocycles. The third-order valence-electron chi connectivity index (χ3n) is 4.61. The number of likely N-dealkylation sites (tertiary alicyclic amines) is 1. The predicted octanol–water partition coefficient (Wildman–Crippen LogP) is 2.26. The number of likely N-dealkylation sites (N-methyl/N-ethyl adjacent to an activating group) is 1. The summed E-state index contributed by atoms with van der Waals surface area (Å²) in [4.78, 5) is 16.9. The van der Waals surface area contributed by atoms with Gasteiger partial charge in [0, 0.05) is 19.1 Å². The van der Waals surface area contributed by atoms with Crippen LogP contribution in [0.1, 0.15) is 47.0 Å². The highest BCUT2D eigenvalue weighted by atomic mass is 16.2. The molecule has 4 heteroatoms. The van der Waals surface area contributed by atoms with E-state index in [-0.39, 0.29) is 5.91 Å². The molecule has 4 nitrogen and oxygen atoms in total. The molecule has 0 radical (unpaired) electrons. The lowest BCUT2D eigenvalue weighted by Gasteiger charge is -2.30. The van der Waals surface area contributed by atoms with Crippen LogP contribution in [0.3, 0.4) is 0 Å². The van der Waals surface area contributed by atoms with Gasteiger partial charge < -0.3 is 4.90 Å². The van der Waals surface area contributed by atoms with Crippen LogP contribution in [0.4, 0.5) is 0 Å². The zero-order chi connectivity index (χ0) is 14.5. The fraction of sp³-hybridized carbons (Fsp3) is 0.867. The molecular formula is C15H27N3O. The molecule has 0 aliphatic carbocycles. The minimum Gasteiger partial charge on any atom is -0.340 e. The first kappa shape index (κ1) is 16.0. The van der Waals surface area contributed by atoms with Crippen molar-refractivity contribution in [3.8, 4) is 6.07 Å². The van der Waals surface area contributed by atoms with Gasteiger partial charge in [-0.3, -0.25) is 9.69 Å². The van der Waals surface area contributed by atoms with E-state index in [1.54, 1.807) is 0 Å². The Balaban J connectivity index is 2.74. The van der Waals surface area contributed by atoms with Crippen molar-refractivity contribution in [1.82, 2.24) is 9.80 Å². The van der Waals surface area contributed by atoms with Crippen LogP contribution in [-0.4, -0.2) is 47.9 Å². The third kappa shape index (κ3) is 3.09. The fourth-order valence-corrected chi connectivity index (χ4v) is 3.03. The molecule has 1 aliphatic heterocycles. The first-order valence-corrected chi connectivity index (χ1v) is 7.53. The molecule has 1 atom stereocenters. The molecule has 0 aromatic heterocycles. The molecule has 1 amide bonds. The molecule has 1 unspecified atom stereocenters. The summed E-state index contributed by atoms with van der Waals surface area (Å²) in [7, 11) is 0. The Morgan fingerprint density at radius 2 is 1.89 bits per heavy atom. The van der Waals surface area contributed by atoms with Crippen molar-refractivity contribution >= 4 is 5.91 Å². The number of hydrogen-bond acceptors (Lipinski definition) is 3. The first-order chi connectivity index (χ1) is 9.08. The maximum atomic E-state index is 12.6. The first-order valence-electron chi connectivity index (χ1n) is 7.53. The van der Waals surface area contributed by atoms with Gasteiger partial charge in [0.1, 0.15) is 5.41 Å². The van der Waals surface area contributed by atoms with Crippen LogP contribution in [0, 0.1) is 16.7 Å². The van der Waals surface area contributed by atoms with Crippen LogP contribution in [0.25, 0.3) is 0 Å². The van der Waals surface area contributed by atoms with E-state index in [1.807, 2.05) is 18.7 Å². The monoisotopic (exact) mass is 265 g/mol. The molecule has 1 fully saturated rings. The van der Waals surface area contributed by atoms with Gasteiger partial charge in [-0.25, -0.2) is 0 Å². The quantitative estimate of drug-likeness (QED) is 0.740. The van der Waals surface area contributed by atoms with Crippen molar-refractivity contribution in [1.29, 1.82) is 5.26 Å². The standard InChI is InChI=1S/C15H27N3O/c1-5-15(6-2,12-16)14(19)18-10-9-13(11-18)17(7-3)8-4/h13H,5-11H2,1-4H3. The molecule has 1 heterocycles. The maximum absolute atomic E-state index is 12.6. The van der Waals surface area contributed by atoms with Crippen LogP contribution in [0.2, 0.25) is 0 Å². The molecule has 1 saturated heterocycles. The second-order valence-corrected chi connectivity index (χ2v) is 5.32. The van der Waals surface area contributed by atoms with Crippen LogP contribution < -0.4 is 0 Å². The number of rotatable bonds is 6. The lowest BCUT2D eigenvalue weighted by molar-refractivity contribution is -0.138. The maximum Gasteiger partial charge on any atom is 0.243 e. The zero-order valence-corrected chi connectivity index (χ0v) is 12.8. The highest BCUT2D eigenvalue weighted by Crippen LogP contribution is 2.30. The van der Waals surface area contributed by atoms with Gasteiger partial charge in [0.05, 0.1) is 6.07 Å². The van der Waals surface area contributed by atoms with Crippen molar-refractivity contribution in [2.75, 3.05) is 26.2 Å². The summed E-state index contributed by atoms with van der Waals surface area (Å²) >= 11 is 0. The van der Waals surface area contributed by atoms with Crippen molar-refractivity contribution < 1.29 is 4.79 Å². The Hall–Kier alpha value is -1.08. The summed E-state index contributed by atoms with van der Waals surface area (Å²) in [6.45, 7) is 11.8. The molecule has 0 aromatic rings. The second kappa shape index (κ2) is 6.91. The number of carbonyl (C=O) groups excluding carboxylic acids is 1. The van der Waals surface area contributed by atoms with E-state index in [0.717, 1.165) is 32.6 Å². The zero-order valence-electron chi connectivity index (χ0n) is 12.8. The van der Waals surface area contributed by atoms with Gasteiger partial charge in [-0.2, -0.15) is 5.26 Å². The predicted molar refractivity (Wildman–Crippen MR) is 76.5 cm³/mol. The van der Waals surface area contributed by atoms with Crippen LogP contribution >= 0.6 is 0 Å². The topological polar surface area (TPSA) is 47.3 Å². The van der Waals surface area contributed by atoms with E-state index < -0.39 is 5.41 Å². The Bertz CT molecular complexity index is 340. The fourth-order valence-electron chi connectivity index (χ4n) is 3.03. The summed E-state index contributed by atoms with van der Waals surface area (Å²) < 4.78 is 0. The van der Waals surface area contributed by atoms with Gasteiger partial charge in [-0.1, -0.05) is 27.7 Å². The Morgan fingerprint density at radius 3 is 2.32 bits per heavy atom. The van der Waals surface area contributed by atoms with E-state index in [2.05, 4.69) is 24.8 Å². The van der Waals surface area contributed by atoms with Crippen molar-refractivity contribution in [3.05, 3.63) is 0 Å². The molecule has 0 N–H and O–H groups in total. The highest BCUT2D eigenvalue weighted by Gasteiger charge is 2.41. The van der Waals surface area contributed by atoms with Gasteiger partial charge in [-0.05, 0) is 32.4 Å². The number of carbonyl (C=O) groups is 1. The molecule has 0 spiro atoms. The summed E-state index contributed by atoms with van der Waals surface area (Å²) in [6.07, 6.45) is 2.24. The molecule has 1 aliphatic rings. The average Bonchev–Trinajstić information content (AvgIpc) is 2.92. The summed E-state index contributed by atoms with van der Waals surface area (Å²) in [5.41, 5.74) is -0.807. The van der Waals surface area contributed by atoms with Gasteiger partial charge in [0.2, 0.25) is 5.91 Å². The summed E-state index contributed by atoms with van der Waals surface area (Å²) in [5, 5.41) is 9.37. The van der Waals surface area contributed by atoms with Crippen molar-refractivity contribution in [2.24, 2.45) is 5.41 Å². The molecule has 108 valence electrons. The number of hydrogen-bond donors (Lipinski definition) is 0. The second-order valence-electron chi connectivity index (χ2n) is 5.32.